The first-order valence-corrected chi connectivity index (χ1v) is 8.19. The number of hydrogen-bond acceptors (Lipinski definition) is 4. The number of nitrogens with zero attached hydrogens (tertiary/aromatic N) is 2. The van der Waals surface area contributed by atoms with Gasteiger partial charge in [-0.05, 0) is 6.92 Å². The zero-order chi connectivity index (χ0) is 13.8. The Labute approximate surface area is 127 Å². The maximum Gasteiger partial charge on any atom is 0.136 e. The molecule has 0 bridgehead atoms. The van der Waals surface area contributed by atoms with Crippen LogP contribution in [-0.2, 0) is 5.75 Å². The zero-order valence-electron chi connectivity index (χ0n) is 11.2. The van der Waals surface area contributed by atoms with Crippen LogP contribution >= 0.6 is 35.3 Å². The average Bonchev–Trinajstić information content (AvgIpc) is 2.85. The summed E-state index contributed by atoms with van der Waals surface area (Å²) in [4.78, 5) is 6.61. The van der Waals surface area contributed by atoms with Crippen LogP contribution in [0.1, 0.15) is 11.3 Å². The Morgan fingerprint density at radius 1 is 1.32 bits per heavy atom. The summed E-state index contributed by atoms with van der Waals surface area (Å²) in [5.41, 5.74) is 3.55. The van der Waals surface area contributed by atoms with Crippen LogP contribution < -0.4 is 0 Å². The van der Waals surface area contributed by atoms with Crippen LogP contribution in [0.3, 0.4) is 0 Å². The Morgan fingerprint density at radius 3 is 2.63 bits per heavy atom. The van der Waals surface area contributed by atoms with Crippen molar-refractivity contribution in [1.82, 2.24) is 9.88 Å². The van der Waals surface area contributed by atoms with Gasteiger partial charge < -0.3 is 4.90 Å². The highest BCUT2D eigenvalue weighted by Crippen LogP contribution is 2.26. The Bertz CT molecular complexity index is 558. The fourth-order valence-corrected chi connectivity index (χ4v) is 3.25. The molecule has 5 heteroatoms. The van der Waals surface area contributed by atoms with Gasteiger partial charge in [0.15, 0.2) is 0 Å². The number of benzene rings is 1. The topological polar surface area (TPSA) is 16.1 Å². The van der Waals surface area contributed by atoms with Crippen molar-refractivity contribution in [3.63, 3.8) is 0 Å². The minimum atomic E-state index is 0.833. The number of aromatic nitrogens is 1. The second kappa shape index (κ2) is 6.50. The first kappa shape index (κ1) is 14.5. The van der Waals surface area contributed by atoms with E-state index in [1.165, 1.54) is 11.1 Å². The van der Waals surface area contributed by atoms with E-state index < -0.39 is 0 Å². The molecule has 0 aliphatic carbocycles. The van der Waals surface area contributed by atoms with E-state index in [1.807, 2.05) is 19.0 Å². The molecule has 2 rings (SSSR count). The molecule has 100 valence electrons. The SMILES string of the molecule is Cc1ccc(-c2nc(CSC(=S)N(C)C)cs2)cc1. The standard InChI is InChI=1S/C14H16N2S3/c1-10-4-6-11(7-5-10)13-15-12(8-18-13)9-19-14(17)16(2)3/h4-8H,9H2,1-3H3. The minimum absolute atomic E-state index is 0.833. The smallest absolute Gasteiger partial charge is 0.136 e. The van der Waals surface area contributed by atoms with E-state index in [9.17, 15) is 0 Å². The highest BCUT2D eigenvalue weighted by atomic mass is 32.2. The second-order valence-corrected chi connectivity index (χ2v) is 6.93. The minimum Gasteiger partial charge on any atom is -0.364 e. The lowest BCUT2D eigenvalue weighted by Gasteiger charge is -2.11. The fraction of sp³-hybridized carbons (Fsp3) is 0.286. The predicted octanol–water partition coefficient (Wildman–Crippen LogP) is 4.20. The second-order valence-electron chi connectivity index (χ2n) is 4.46. The van der Waals surface area contributed by atoms with Crippen molar-refractivity contribution in [2.45, 2.75) is 12.7 Å². The summed E-state index contributed by atoms with van der Waals surface area (Å²) < 4.78 is 0.893. The van der Waals surface area contributed by atoms with Gasteiger partial charge in [0.05, 0.1) is 5.69 Å². The van der Waals surface area contributed by atoms with Gasteiger partial charge in [0.2, 0.25) is 0 Å². The summed E-state index contributed by atoms with van der Waals surface area (Å²) in [5.74, 6) is 0.833. The monoisotopic (exact) mass is 308 g/mol. The van der Waals surface area contributed by atoms with Gasteiger partial charge in [-0.3, -0.25) is 0 Å². The molecule has 0 aliphatic rings. The number of thioether (sulfide) groups is 1. The maximum absolute atomic E-state index is 5.26. The van der Waals surface area contributed by atoms with E-state index in [0.29, 0.717) is 0 Å². The van der Waals surface area contributed by atoms with E-state index in [1.54, 1.807) is 23.1 Å². The quantitative estimate of drug-likeness (QED) is 0.790. The fourth-order valence-electron chi connectivity index (χ4n) is 1.47. The van der Waals surface area contributed by atoms with Crippen LogP contribution in [0.25, 0.3) is 10.6 Å². The van der Waals surface area contributed by atoms with E-state index in [0.717, 1.165) is 20.8 Å². The average molecular weight is 308 g/mol. The molecule has 1 heterocycles. The summed E-state index contributed by atoms with van der Waals surface area (Å²) in [5, 5.41) is 3.19. The number of rotatable bonds is 3. The molecule has 0 aliphatic heterocycles. The first-order chi connectivity index (χ1) is 9.06. The van der Waals surface area contributed by atoms with Gasteiger partial charge in [-0.2, -0.15) is 0 Å². The van der Waals surface area contributed by atoms with Crippen molar-refractivity contribution in [3.05, 3.63) is 40.9 Å². The van der Waals surface area contributed by atoms with E-state index in [2.05, 4.69) is 41.6 Å². The van der Waals surface area contributed by atoms with Crippen LogP contribution in [0.2, 0.25) is 0 Å². The van der Waals surface area contributed by atoms with Crippen molar-refractivity contribution in [2.75, 3.05) is 14.1 Å². The molecule has 0 saturated carbocycles. The molecule has 1 aromatic carbocycles. The molecule has 19 heavy (non-hydrogen) atoms. The van der Waals surface area contributed by atoms with Gasteiger partial charge in [-0.25, -0.2) is 4.98 Å². The predicted molar refractivity (Wildman–Crippen MR) is 89.9 cm³/mol. The molecule has 2 aromatic rings. The molecular weight excluding hydrogens is 292 g/mol. The lowest BCUT2D eigenvalue weighted by atomic mass is 10.2. The first-order valence-electron chi connectivity index (χ1n) is 5.92. The molecule has 1 aromatic heterocycles. The van der Waals surface area contributed by atoms with E-state index in [-0.39, 0.29) is 0 Å². The van der Waals surface area contributed by atoms with Crippen molar-refractivity contribution < 1.29 is 0 Å². The molecule has 0 spiro atoms. The molecule has 0 fully saturated rings. The number of hydrogen-bond donors (Lipinski definition) is 0. The summed E-state index contributed by atoms with van der Waals surface area (Å²) in [7, 11) is 3.93. The van der Waals surface area contributed by atoms with Crippen LogP contribution in [0.5, 0.6) is 0 Å². The Hall–Kier alpha value is -0.910. The van der Waals surface area contributed by atoms with Crippen LogP contribution in [0.15, 0.2) is 29.6 Å². The van der Waals surface area contributed by atoms with Gasteiger partial charge >= 0.3 is 0 Å². The van der Waals surface area contributed by atoms with Crippen LogP contribution in [-0.4, -0.2) is 28.3 Å². The summed E-state index contributed by atoms with van der Waals surface area (Å²) in [6.07, 6.45) is 0. The molecule has 0 saturated heterocycles. The zero-order valence-corrected chi connectivity index (χ0v) is 13.7. The van der Waals surface area contributed by atoms with Crippen LogP contribution in [0.4, 0.5) is 0 Å². The summed E-state index contributed by atoms with van der Waals surface area (Å²) >= 11 is 8.59. The van der Waals surface area contributed by atoms with Crippen molar-refractivity contribution in [2.24, 2.45) is 0 Å². The Balaban J connectivity index is 2.03. The number of thiocarbonyl (C=S) groups is 1. The lowest BCUT2D eigenvalue weighted by molar-refractivity contribution is 0.648. The Morgan fingerprint density at radius 2 is 2.00 bits per heavy atom. The third kappa shape index (κ3) is 4.03. The lowest BCUT2D eigenvalue weighted by Crippen LogP contribution is -2.16. The van der Waals surface area contributed by atoms with Gasteiger partial charge in [0.1, 0.15) is 9.33 Å². The van der Waals surface area contributed by atoms with Crippen LogP contribution in [0, 0.1) is 6.92 Å². The molecule has 0 atom stereocenters. The Kier molecular flexibility index (Phi) is 4.96. The van der Waals surface area contributed by atoms with Gasteiger partial charge in [0, 0.05) is 30.8 Å². The molecule has 0 unspecified atom stereocenters. The van der Waals surface area contributed by atoms with Gasteiger partial charge in [0.25, 0.3) is 0 Å². The number of aryl methyl sites for hydroxylation is 1. The van der Waals surface area contributed by atoms with E-state index in [4.69, 9.17) is 12.2 Å². The molecule has 0 radical (unpaired) electrons. The highest BCUT2D eigenvalue weighted by molar-refractivity contribution is 8.22. The van der Waals surface area contributed by atoms with E-state index >= 15 is 0 Å². The number of thiazole rings is 1. The third-order valence-electron chi connectivity index (χ3n) is 2.56. The molecule has 2 nitrogen and oxygen atoms in total. The van der Waals surface area contributed by atoms with Crippen molar-refractivity contribution in [3.8, 4) is 10.6 Å². The highest BCUT2D eigenvalue weighted by Gasteiger charge is 2.06. The third-order valence-corrected chi connectivity index (χ3v) is 5.27. The molecule has 0 N–H and O–H groups in total. The molecule has 0 amide bonds. The van der Waals surface area contributed by atoms with Crippen molar-refractivity contribution in [1.29, 1.82) is 0 Å². The summed E-state index contributed by atoms with van der Waals surface area (Å²) in [6.45, 7) is 2.09. The van der Waals surface area contributed by atoms with Crippen molar-refractivity contribution >= 4 is 39.6 Å². The largest absolute Gasteiger partial charge is 0.364 e. The normalized spacial score (nSPS) is 10.5. The maximum atomic E-state index is 5.26. The van der Waals surface area contributed by atoms with Gasteiger partial charge in [-0.15, -0.1) is 11.3 Å². The molecular formula is C14H16N2S3. The van der Waals surface area contributed by atoms with Gasteiger partial charge in [-0.1, -0.05) is 53.8 Å². The summed E-state index contributed by atoms with van der Waals surface area (Å²) in [6, 6.07) is 8.48.